The molecule has 1 aromatic rings. The molecule has 1 rings (SSSR count). The number of amides is 1. The van der Waals surface area contributed by atoms with Crippen LogP contribution < -0.4 is 4.90 Å². The number of hydrogen-bond acceptors (Lipinski definition) is 3. The monoisotopic (exact) mass is 223 g/mol. The molecule has 0 spiro atoms. The van der Waals surface area contributed by atoms with Crippen LogP contribution in [0.15, 0.2) is 24.3 Å². The second kappa shape index (κ2) is 5.27. The number of rotatable bonds is 4. The molecule has 1 aromatic carbocycles. The van der Waals surface area contributed by atoms with E-state index in [1.165, 1.54) is 24.0 Å². The number of hydrogen-bond donors (Lipinski definition) is 2. The first kappa shape index (κ1) is 12.2. The fourth-order valence-electron chi connectivity index (χ4n) is 1.35. The molecule has 5 heteroatoms. The molecular formula is C11H13NO4. The maximum absolute atomic E-state index is 11.3. The first-order chi connectivity index (χ1) is 7.56. The molecule has 16 heavy (non-hydrogen) atoms. The third kappa shape index (κ3) is 2.80. The maximum Gasteiger partial charge on any atom is 0.335 e. The van der Waals surface area contributed by atoms with Gasteiger partial charge in [-0.2, -0.15) is 0 Å². The van der Waals surface area contributed by atoms with Crippen LogP contribution in [0.25, 0.3) is 0 Å². The molecule has 0 aliphatic rings. The first-order valence-corrected chi connectivity index (χ1v) is 4.78. The van der Waals surface area contributed by atoms with Gasteiger partial charge in [-0.1, -0.05) is 0 Å². The minimum Gasteiger partial charge on any atom is -0.478 e. The molecule has 0 radical (unpaired) electrons. The Labute approximate surface area is 92.9 Å². The minimum atomic E-state index is -1.01. The molecule has 0 bridgehead atoms. The minimum absolute atomic E-state index is 0.139. The second-order valence-electron chi connectivity index (χ2n) is 3.25. The van der Waals surface area contributed by atoms with E-state index in [1.807, 2.05) is 0 Å². The highest BCUT2D eigenvalue weighted by Crippen LogP contribution is 2.15. The van der Waals surface area contributed by atoms with Crippen molar-refractivity contribution in [3.8, 4) is 0 Å². The van der Waals surface area contributed by atoms with E-state index >= 15 is 0 Å². The summed E-state index contributed by atoms with van der Waals surface area (Å²) in [5.74, 6) is -1.21. The predicted molar refractivity (Wildman–Crippen MR) is 58.5 cm³/mol. The van der Waals surface area contributed by atoms with Gasteiger partial charge in [-0.25, -0.2) is 4.79 Å². The zero-order valence-corrected chi connectivity index (χ0v) is 8.88. The standard InChI is InChI=1S/C11H13NO4/c1-8(14)12(6-7-13)10-4-2-9(3-5-10)11(15)16/h2-5,13H,6-7H2,1H3,(H,15,16). The lowest BCUT2D eigenvalue weighted by atomic mass is 10.2. The van der Waals surface area contributed by atoms with Gasteiger partial charge in [0.15, 0.2) is 0 Å². The normalized spacial score (nSPS) is 9.88. The van der Waals surface area contributed by atoms with Crippen molar-refractivity contribution in [3.05, 3.63) is 29.8 Å². The van der Waals surface area contributed by atoms with Gasteiger partial charge in [0, 0.05) is 19.2 Å². The number of carbonyl (C=O) groups is 2. The van der Waals surface area contributed by atoms with Crippen molar-refractivity contribution < 1.29 is 19.8 Å². The quantitative estimate of drug-likeness (QED) is 0.788. The zero-order valence-electron chi connectivity index (χ0n) is 8.88. The summed E-state index contributed by atoms with van der Waals surface area (Å²) >= 11 is 0. The lowest BCUT2D eigenvalue weighted by Crippen LogP contribution is -2.31. The van der Waals surface area contributed by atoms with Crippen molar-refractivity contribution in [2.24, 2.45) is 0 Å². The highest BCUT2D eigenvalue weighted by atomic mass is 16.4. The SMILES string of the molecule is CC(=O)N(CCO)c1ccc(C(=O)O)cc1. The Morgan fingerprint density at radius 1 is 1.25 bits per heavy atom. The molecule has 0 aliphatic carbocycles. The van der Waals surface area contributed by atoms with Crippen molar-refractivity contribution in [3.63, 3.8) is 0 Å². The highest BCUT2D eigenvalue weighted by Gasteiger charge is 2.11. The largest absolute Gasteiger partial charge is 0.478 e. The van der Waals surface area contributed by atoms with Gasteiger partial charge < -0.3 is 15.1 Å². The smallest absolute Gasteiger partial charge is 0.335 e. The van der Waals surface area contributed by atoms with Gasteiger partial charge in [0.05, 0.1) is 12.2 Å². The van der Waals surface area contributed by atoms with Gasteiger partial charge in [0.2, 0.25) is 5.91 Å². The Hall–Kier alpha value is -1.88. The van der Waals surface area contributed by atoms with Crippen LogP contribution in [0.1, 0.15) is 17.3 Å². The summed E-state index contributed by atoms with van der Waals surface area (Å²) in [5, 5.41) is 17.5. The van der Waals surface area contributed by atoms with E-state index in [-0.39, 0.29) is 24.6 Å². The van der Waals surface area contributed by atoms with Crippen LogP contribution in [0.5, 0.6) is 0 Å². The van der Waals surface area contributed by atoms with Gasteiger partial charge in [-0.15, -0.1) is 0 Å². The van der Waals surface area contributed by atoms with Crippen LogP contribution in [0.3, 0.4) is 0 Å². The number of benzene rings is 1. The predicted octanol–water partition coefficient (Wildman–Crippen LogP) is 0.730. The number of carboxylic acids is 1. The van der Waals surface area contributed by atoms with Crippen molar-refractivity contribution in [1.29, 1.82) is 0 Å². The summed E-state index contributed by atoms with van der Waals surface area (Å²) in [5.41, 5.74) is 0.739. The van der Waals surface area contributed by atoms with E-state index in [0.717, 1.165) is 0 Å². The van der Waals surface area contributed by atoms with Gasteiger partial charge in [-0.3, -0.25) is 4.79 Å². The number of aliphatic hydroxyl groups is 1. The average Bonchev–Trinajstić information content (AvgIpc) is 2.25. The Bertz CT molecular complexity index is 385. The van der Waals surface area contributed by atoms with Crippen LogP contribution in [0, 0.1) is 0 Å². The Morgan fingerprint density at radius 2 is 1.81 bits per heavy atom. The van der Waals surface area contributed by atoms with Crippen molar-refractivity contribution in [2.45, 2.75) is 6.92 Å². The first-order valence-electron chi connectivity index (χ1n) is 4.78. The zero-order chi connectivity index (χ0) is 12.1. The van der Waals surface area contributed by atoms with E-state index in [2.05, 4.69) is 0 Å². The molecule has 2 N–H and O–H groups in total. The van der Waals surface area contributed by atoms with E-state index in [9.17, 15) is 9.59 Å². The average molecular weight is 223 g/mol. The maximum atomic E-state index is 11.3. The molecule has 0 fully saturated rings. The van der Waals surface area contributed by atoms with Crippen LogP contribution in [0.2, 0.25) is 0 Å². The molecule has 0 aliphatic heterocycles. The molecule has 5 nitrogen and oxygen atoms in total. The molecule has 0 saturated carbocycles. The third-order valence-corrected chi connectivity index (χ3v) is 2.13. The Balaban J connectivity index is 2.94. The van der Waals surface area contributed by atoms with Crippen LogP contribution in [-0.4, -0.2) is 35.2 Å². The van der Waals surface area contributed by atoms with Crippen LogP contribution in [0.4, 0.5) is 5.69 Å². The lowest BCUT2D eigenvalue weighted by Gasteiger charge is -2.19. The molecular weight excluding hydrogens is 210 g/mol. The van der Waals surface area contributed by atoms with Crippen molar-refractivity contribution >= 4 is 17.6 Å². The van der Waals surface area contributed by atoms with Crippen LogP contribution in [-0.2, 0) is 4.79 Å². The second-order valence-corrected chi connectivity index (χ2v) is 3.25. The summed E-state index contributed by atoms with van der Waals surface area (Å²) in [4.78, 5) is 23.3. The molecule has 0 saturated heterocycles. The van der Waals surface area contributed by atoms with Gasteiger partial charge in [-0.05, 0) is 24.3 Å². The summed E-state index contributed by atoms with van der Waals surface area (Å²) < 4.78 is 0. The Morgan fingerprint density at radius 3 is 2.19 bits per heavy atom. The van der Waals surface area contributed by atoms with E-state index < -0.39 is 5.97 Å². The van der Waals surface area contributed by atoms with Crippen molar-refractivity contribution in [2.75, 3.05) is 18.1 Å². The van der Waals surface area contributed by atoms with Crippen molar-refractivity contribution in [1.82, 2.24) is 0 Å². The van der Waals surface area contributed by atoms with E-state index in [0.29, 0.717) is 5.69 Å². The molecule has 0 unspecified atom stereocenters. The number of anilines is 1. The molecule has 86 valence electrons. The number of carboxylic acid groups (broad SMARTS) is 1. The summed E-state index contributed by atoms with van der Waals surface area (Å²) in [7, 11) is 0. The number of carbonyl (C=O) groups excluding carboxylic acids is 1. The summed E-state index contributed by atoms with van der Waals surface area (Å²) in [6.45, 7) is 1.45. The van der Waals surface area contributed by atoms with Gasteiger partial charge in [0.25, 0.3) is 0 Å². The lowest BCUT2D eigenvalue weighted by molar-refractivity contribution is -0.116. The topological polar surface area (TPSA) is 77.8 Å². The molecule has 0 atom stereocenters. The molecule has 0 aromatic heterocycles. The molecule has 1 amide bonds. The molecule has 0 heterocycles. The number of aromatic carboxylic acids is 1. The number of nitrogens with zero attached hydrogens (tertiary/aromatic N) is 1. The van der Waals surface area contributed by atoms with Crippen LogP contribution >= 0.6 is 0 Å². The van der Waals surface area contributed by atoms with E-state index in [4.69, 9.17) is 10.2 Å². The number of aliphatic hydroxyl groups excluding tert-OH is 1. The van der Waals surface area contributed by atoms with Gasteiger partial charge in [0.1, 0.15) is 0 Å². The summed E-state index contributed by atoms with van der Waals surface area (Å²) in [6.07, 6.45) is 0. The fraction of sp³-hybridized carbons (Fsp3) is 0.273. The van der Waals surface area contributed by atoms with E-state index in [1.54, 1.807) is 12.1 Å². The Kier molecular flexibility index (Phi) is 4.02. The van der Waals surface area contributed by atoms with Gasteiger partial charge >= 0.3 is 5.97 Å². The summed E-state index contributed by atoms with van der Waals surface area (Å²) in [6, 6.07) is 5.93. The highest BCUT2D eigenvalue weighted by molar-refractivity contribution is 5.93. The fourth-order valence-corrected chi connectivity index (χ4v) is 1.35. The third-order valence-electron chi connectivity index (χ3n) is 2.13.